The zero-order chi connectivity index (χ0) is 25.8. The molecule has 11 heteroatoms. The Hall–Kier alpha value is -3.78. The number of carbonyl (C=O) groups is 3. The van der Waals surface area contributed by atoms with E-state index in [9.17, 15) is 28.3 Å². The minimum atomic E-state index is -3.33. The Bertz CT molecular complexity index is 1110. The van der Waals surface area contributed by atoms with E-state index in [2.05, 4.69) is 21.7 Å². The van der Waals surface area contributed by atoms with E-state index in [4.69, 9.17) is 10.9 Å². The van der Waals surface area contributed by atoms with Crippen LogP contribution in [-0.2, 0) is 16.0 Å². The van der Waals surface area contributed by atoms with Crippen molar-refractivity contribution in [3.05, 3.63) is 52.9 Å². The van der Waals surface area contributed by atoms with Gasteiger partial charge in [0.15, 0.2) is 6.10 Å². The number of aryl methyl sites for hydroxylation is 2. The Morgan fingerprint density at radius 1 is 1.31 bits per heavy atom. The van der Waals surface area contributed by atoms with Crippen LogP contribution in [0.4, 0.5) is 8.78 Å². The van der Waals surface area contributed by atoms with Gasteiger partial charge in [-0.05, 0) is 25.8 Å². The first-order valence-corrected chi connectivity index (χ1v) is 10.9. The summed E-state index contributed by atoms with van der Waals surface area (Å²) in [6.45, 7) is 1.85. The van der Waals surface area contributed by atoms with Crippen LogP contribution in [0, 0.1) is 26.2 Å². The summed E-state index contributed by atoms with van der Waals surface area (Å²) in [5.74, 6) is -3.53. The number of terminal acetylenes is 1. The van der Waals surface area contributed by atoms with Crippen molar-refractivity contribution in [3.8, 4) is 12.3 Å². The second kappa shape index (κ2) is 10.7. The number of hydrogen-bond acceptors (Lipinski definition) is 6. The fraction of sp³-hybridized carbons (Fsp3) is 0.417. The maximum Gasteiger partial charge on any atom is 0.267 e. The molecule has 1 aliphatic heterocycles. The van der Waals surface area contributed by atoms with Crippen LogP contribution < -0.4 is 10.6 Å². The molecule has 3 rings (SSSR count). The zero-order valence-electron chi connectivity index (χ0n) is 19.3. The molecule has 1 aromatic heterocycles. The van der Waals surface area contributed by atoms with E-state index in [1.165, 1.54) is 6.92 Å². The smallest absolute Gasteiger partial charge is 0.267 e. The third kappa shape index (κ3) is 6.02. The fourth-order valence-electron chi connectivity index (χ4n) is 4.04. The molecule has 3 N–H and O–H groups in total. The number of aliphatic hydroxyl groups excluding tert-OH is 1. The van der Waals surface area contributed by atoms with E-state index < -0.39 is 54.8 Å². The molecule has 3 amide bonds. The van der Waals surface area contributed by atoms with Gasteiger partial charge in [0, 0.05) is 6.42 Å². The van der Waals surface area contributed by atoms with E-state index in [1.54, 1.807) is 37.3 Å². The van der Waals surface area contributed by atoms with E-state index in [0.29, 0.717) is 16.2 Å². The van der Waals surface area contributed by atoms with Gasteiger partial charge >= 0.3 is 0 Å². The summed E-state index contributed by atoms with van der Waals surface area (Å²) >= 11 is 0. The Kier molecular flexibility index (Phi) is 7.86. The van der Waals surface area contributed by atoms with Crippen LogP contribution in [0.2, 0.25) is 0 Å². The molecule has 1 fully saturated rings. The highest BCUT2D eigenvalue weighted by Crippen LogP contribution is 2.33. The number of amides is 3. The van der Waals surface area contributed by atoms with E-state index in [-0.39, 0.29) is 24.3 Å². The molecule has 0 unspecified atom stereocenters. The predicted molar refractivity (Wildman–Crippen MR) is 120 cm³/mol. The minimum Gasteiger partial charge on any atom is -0.381 e. The lowest BCUT2D eigenvalue weighted by Gasteiger charge is -2.30. The highest BCUT2D eigenvalue weighted by atomic mass is 19.3. The maximum atomic E-state index is 14.2. The molecule has 2 heterocycles. The molecule has 1 aliphatic rings. The standard InChI is InChI=1S/C24H26F2N4O5/c1-4-10-27-21(32)18-12-24(25,26)13-30(18)23(34)20(31)17(11-16-8-6-5-7-9-16)28-22(33)19-14(2)29-35-15(19)3/h1,5-9,17-18,20,31H,10-13H2,2-3H3,(H,27,32)(H,28,33)/t17-,18-,20-/m0/s1. The molecule has 0 saturated carbocycles. The van der Waals surface area contributed by atoms with Crippen LogP contribution in [0.15, 0.2) is 34.9 Å². The van der Waals surface area contributed by atoms with Gasteiger partial charge in [0.1, 0.15) is 17.4 Å². The van der Waals surface area contributed by atoms with Crippen LogP contribution in [-0.4, -0.2) is 70.1 Å². The topological polar surface area (TPSA) is 125 Å². The summed E-state index contributed by atoms with van der Waals surface area (Å²) in [6, 6.07) is 5.99. The van der Waals surface area contributed by atoms with Crippen molar-refractivity contribution in [3.63, 3.8) is 0 Å². The van der Waals surface area contributed by atoms with Gasteiger partial charge < -0.3 is 25.2 Å². The lowest BCUT2D eigenvalue weighted by Crippen LogP contribution is -2.56. The molecule has 3 atom stereocenters. The predicted octanol–water partition coefficient (Wildman–Crippen LogP) is 0.979. The number of rotatable bonds is 8. The molecule has 9 nitrogen and oxygen atoms in total. The molecule has 35 heavy (non-hydrogen) atoms. The van der Waals surface area contributed by atoms with E-state index in [1.807, 2.05) is 0 Å². The zero-order valence-corrected chi connectivity index (χ0v) is 19.3. The number of carbonyl (C=O) groups excluding carboxylic acids is 3. The first kappa shape index (κ1) is 25.8. The normalized spacial score (nSPS) is 18.4. The first-order valence-electron chi connectivity index (χ1n) is 10.9. The van der Waals surface area contributed by atoms with Crippen LogP contribution >= 0.6 is 0 Å². The Morgan fingerprint density at radius 2 is 2.00 bits per heavy atom. The third-order valence-electron chi connectivity index (χ3n) is 5.73. The van der Waals surface area contributed by atoms with Gasteiger partial charge in [0.05, 0.1) is 24.8 Å². The largest absolute Gasteiger partial charge is 0.381 e. The van der Waals surface area contributed by atoms with Crippen molar-refractivity contribution in [2.75, 3.05) is 13.1 Å². The maximum absolute atomic E-state index is 14.2. The quantitative estimate of drug-likeness (QED) is 0.476. The van der Waals surface area contributed by atoms with Crippen molar-refractivity contribution in [1.82, 2.24) is 20.7 Å². The van der Waals surface area contributed by atoms with E-state index in [0.717, 1.165) is 0 Å². The number of aliphatic hydroxyl groups is 1. The Balaban J connectivity index is 1.87. The Morgan fingerprint density at radius 3 is 2.60 bits per heavy atom. The second-order valence-electron chi connectivity index (χ2n) is 8.38. The highest BCUT2D eigenvalue weighted by molar-refractivity contribution is 5.97. The SMILES string of the molecule is C#CCNC(=O)[C@@H]1CC(F)(F)CN1C(=O)[C@@H](O)[C@H](Cc1ccccc1)NC(=O)c1c(C)noc1C. The monoisotopic (exact) mass is 488 g/mol. The molecule has 1 aromatic carbocycles. The van der Waals surface area contributed by atoms with Gasteiger partial charge in [-0.25, -0.2) is 8.78 Å². The second-order valence-corrected chi connectivity index (χ2v) is 8.38. The van der Waals surface area contributed by atoms with Gasteiger partial charge in [-0.2, -0.15) is 0 Å². The summed E-state index contributed by atoms with van der Waals surface area (Å²) in [5, 5.41) is 19.6. The lowest BCUT2D eigenvalue weighted by atomic mass is 9.99. The van der Waals surface area contributed by atoms with Crippen molar-refractivity contribution in [1.29, 1.82) is 0 Å². The van der Waals surface area contributed by atoms with Gasteiger partial charge in [-0.3, -0.25) is 14.4 Å². The van der Waals surface area contributed by atoms with Gasteiger partial charge in [-0.1, -0.05) is 41.4 Å². The average molecular weight is 488 g/mol. The van der Waals surface area contributed by atoms with Crippen molar-refractivity contribution in [2.45, 2.75) is 50.8 Å². The number of hydrogen-bond donors (Lipinski definition) is 3. The molecule has 1 saturated heterocycles. The van der Waals surface area contributed by atoms with E-state index >= 15 is 0 Å². The summed E-state index contributed by atoms with van der Waals surface area (Å²) in [5.41, 5.74) is 1.13. The van der Waals surface area contributed by atoms with Gasteiger partial charge in [-0.15, -0.1) is 6.42 Å². The Labute approximate surface area is 200 Å². The minimum absolute atomic E-state index is 0.0149. The number of benzene rings is 1. The average Bonchev–Trinajstić information content (AvgIpc) is 3.34. The summed E-state index contributed by atoms with van der Waals surface area (Å²) < 4.78 is 33.4. The molecular weight excluding hydrogens is 462 g/mol. The first-order chi connectivity index (χ1) is 16.5. The number of likely N-dealkylation sites (tertiary alicyclic amines) is 1. The molecular formula is C24H26F2N4O5. The third-order valence-corrected chi connectivity index (χ3v) is 5.73. The molecule has 0 spiro atoms. The number of halogens is 2. The summed E-state index contributed by atoms with van der Waals surface area (Å²) in [7, 11) is 0. The molecule has 0 aliphatic carbocycles. The van der Waals surface area contributed by atoms with Crippen molar-refractivity contribution >= 4 is 17.7 Å². The molecule has 2 aromatic rings. The summed E-state index contributed by atoms with van der Waals surface area (Å²) in [6.07, 6.45) is 2.30. The highest BCUT2D eigenvalue weighted by Gasteiger charge is 2.51. The van der Waals surface area contributed by atoms with Gasteiger partial charge in [0.25, 0.3) is 17.7 Å². The molecule has 186 valence electrons. The van der Waals surface area contributed by atoms with Crippen LogP contribution in [0.5, 0.6) is 0 Å². The van der Waals surface area contributed by atoms with Gasteiger partial charge in [0.2, 0.25) is 5.91 Å². The number of aromatic nitrogens is 1. The van der Waals surface area contributed by atoms with Crippen LogP contribution in [0.3, 0.4) is 0 Å². The number of alkyl halides is 2. The number of nitrogens with one attached hydrogen (secondary N) is 2. The fourth-order valence-corrected chi connectivity index (χ4v) is 4.04. The summed E-state index contributed by atoms with van der Waals surface area (Å²) in [4.78, 5) is 39.2. The lowest BCUT2D eigenvalue weighted by molar-refractivity contribution is -0.147. The molecule has 0 radical (unpaired) electrons. The van der Waals surface area contributed by atoms with Crippen molar-refractivity contribution in [2.24, 2.45) is 0 Å². The van der Waals surface area contributed by atoms with Crippen molar-refractivity contribution < 1.29 is 32.8 Å². The van der Waals surface area contributed by atoms with Crippen LogP contribution in [0.1, 0.15) is 33.8 Å². The number of nitrogens with zero attached hydrogens (tertiary/aromatic N) is 2. The van der Waals surface area contributed by atoms with Crippen LogP contribution in [0.25, 0.3) is 0 Å². The molecule has 0 bridgehead atoms.